The summed E-state index contributed by atoms with van der Waals surface area (Å²) in [5, 5.41) is 0. The topological polar surface area (TPSA) is 38.7 Å². The van der Waals surface area contributed by atoms with E-state index in [-0.39, 0.29) is 0 Å². The zero-order valence-corrected chi connectivity index (χ0v) is 9.43. The van der Waals surface area contributed by atoms with E-state index in [1.54, 1.807) is 12.7 Å². The van der Waals surface area contributed by atoms with Crippen molar-refractivity contribution in [1.29, 1.82) is 0 Å². The predicted molar refractivity (Wildman–Crippen MR) is 63.9 cm³/mol. The molecule has 0 bridgehead atoms. The SMILES string of the molecule is CCCCc1ccccc1-c1ncncn1. The average molecular weight is 213 g/mol. The lowest BCUT2D eigenvalue weighted by atomic mass is 10.0. The van der Waals surface area contributed by atoms with E-state index < -0.39 is 0 Å². The number of aryl methyl sites for hydroxylation is 1. The van der Waals surface area contributed by atoms with Gasteiger partial charge in [-0.2, -0.15) is 0 Å². The van der Waals surface area contributed by atoms with Gasteiger partial charge >= 0.3 is 0 Å². The lowest BCUT2D eigenvalue weighted by Gasteiger charge is -2.06. The highest BCUT2D eigenvalue weighted by molar-refractivity contribution is 5.59. The molecule has 0 radical (unpaired) electrons. The second-order valence-corrected chi connectivity index (χ2v) is 3.72. The first-order chi connectivity index (χ1) is 7.92. The normalized spacial score (nSPS) is 10.3. The van der Waals surface area contributed by atoms with E-state index in [9.17, 15) is 0 Å². The van der Waals surface area contributed by atoms with E-state index in [4.69, 9.17) is 0 Å². The second kappa shape index (κ2) is 5.35. The first-order valence-corrected chi connectivity index (χ1v) is 5.62. The standard InChI is InChI=1S/C13H15N3/c1-2-3-6-11-7-4-5-8-12(11)13-15-9-14-10-16-13/h4-5,7-10H,2-3,6H2,1H3. The molecule has 0 aliphatic heterocycles. The van der Waals surface area contributed by atoms with Gasteiger partial charge in [-0.05, 0) is 18.4 Å². The Labute approximate surface area is 95.6 Å². The van der Waals surface area contributed by atoms with E-state index in [2.05, 4.69) is 40.1 Å². The molecule has 0 amide bonds. The molecule has 0 fully saturated rings. The smallest absolute Gasteiger partial charge is 0.162 e. The lowest BCUT2D eigenvalue weighted by Crippen LogP contribution is -1.94. The summed E-state index contributed by atoms with van der Waals surface area (Å²) in [5.41, 5.74) is 2.44. The van der Waals surface area contributed by atoms with E-state index in [0.29, 0.717) is 0 Å². The van der Waals surface area contributed by atoms with E-state index >= 15 is 0 Å². The summed E-state index contributed by atoms with van der Waals surface area (Å²) in [6.07, 6.45) is 6.56. The molecule has 2 rings (SSSR count). The van der Waals surface area contributed by atoms with Crippen molar-refractivity contribution >= 4 is 0 Å². The molecular formula is C13H15N3. The van der Waals surface area contributed by atoms with Gasteiger partial charge in [0.15, 0.2) is 5.82 Å². The van der Waals surface area contributed by atoms with Crippen LogP contribution in [0.4, 0.5) is 0 Å². The third-order valence-electron chi connectivity index (χ3n) is 2.55. The Morgan fingerprint density at radius 3 is 2.56 bits per heavy atom. The number of unbranched alkanes of at least 4 members (excludes halogenated alkanes) is 1. The molecule has 0 N–H and O–H groups in total. The largest absolute Gasteiger partial charge is 0.225 e. The summed E-state index contributed by atoms with van der Waals surface area (Å²) >= 11 is 0. The Kier molecular flexibility index (Phi) is 3.59. The fourth-order valence-corrected chi connectivity index (χ4v) is 1.70. The maximum absolute atomic E-state index is 4.20. The first-order valence-electron chi connectivity index (χ1n) is 5.62. The fraction of sp³-hybridized carbons (Fsp3) is 0.308. The van der Waals surface area contributed by atoms with Crippen LogP contribution in [0, 0.1) is 0 Å². The minimum atomic E-state index is 0.765. The number of aromatic nitrogens is 3. The van der Waals surface area contributed by atoms with Crippen molar-refractivity contribution in [2.75, 3.05) is 0 Å². The molecule has 0 aliphatic rings. The third kappa shape index (κ3) is 2.42. The Morgan fingerprint density at radius 2 is 1.81 bits per heavy atom. The number of nitrogens with zero attached hydrogens (tertiary/aromatic N) is 3. The Bertz CT molecular complexity index is 440. The van der Waals surface area contributed by atoms with Gasteiger partial charge in [0.1, 0.15) is 12.7 Å². The molecule has 1 aromatic heterocycles. The average Bonchev–Trinajstić information content (AvgIpc) is 2.38. The van der Waals surface area contributed by atoms with Crippen molar-refractivity contribution in [3.05, 3.63) is 42.5 Å². The monoisotopic (exact) mass is 213 g/mol. The molecule has 1 heterocycles. The van der Waals surface area contributed by atoms with Crippen molar-refractivity contribution in [3.8, 4) is 11.4 Å². The van der Waals surface area contributed by atoms with E-state index in [0.717, 1.165) is 17.8 Å². The molecular weight excluding hydrogens is 198 g/mol. The van der Waals surface area contributed by atoms with Crippen molar-refractivity contribution in [1.82, 2.24) is 15.0 Å². The highest BCUT2D eigenvalue weighted by Crippen LogP contribution is 2.20. The number of benzene rings is 1. The van der Waals surface area contributed by atoms with Gasteiger partial charge < -0.3 is 0 Å². The van der Waals surface area contributed by atoms with Gasteiger partial charge in [-0.3, -0.25) is 0 Å². The molecule has 1 aromatic carbocycles. The number of rotatable bonds is 4. The van der Waals surface area contributed by atoms with Crippen LogP contribution in [-0.2, 0) is 6.42 Å². The third-order valence-corrected chi connectivity index (χ3v) is 2.55. The van der Waals surface area contributed by atoms with Crippen LogP contribution in [0.25, 0.3) is 11.4 Å². The maximum atomic E-state index is 4.20. The van der Waals surface area contributed by atoms with Gasteiger partial charge in [0.05, 0.1) is 0 Å². The molecule has 0 aliphatic carbocycles. The highest BCUT2D eigenvalue weighted by Gasteiger charge is 2.05. The molecule has 0 spiro atoms. The van der Waals surface area contributed by atoms with E-state index in [1.165, 1.54) is 18.4 Å². The van der Waals surface area contributed by atoms with Gasteiger partial charge in [0.25, 0.3) is 0 Å². The summed E-state index contributed by atoms with van der Waals surface area (Å²) in [6.45, 7) is 2.20. The predicted octanol–water partition coefficient (Wildman–Crippen LogP) is 2.88. The molecule has 16 heavy (non-hydrogen) atoms. The molecule has 0 unspecified atom stereocenters. The number of hydrogen-bond acceptors (Lipinski definition) is 3. The first kappa shape index (κ1) is 10.7. The van der Waals surface area contributed by atoms with Crippen LogP contribution in [0.2, 0.25) is 0 Å². The number of hydrogen-bond donors (Lipinski definition) is 0. The molecule has 3 heteroatoms. The fourth-order valence-electron chi connectivity index (χ4n) is 1.70. The Morgan fingerprint density at radius 1 is 1.06 bits per heavy atom. The highest BCUT2D eigenvalue weighted by atomic mass is 15.0. The zero-order chi connectivity index (χ0) is 11.2. The summed E-state index contributed by atoms with van der Waals surface area (Å²) in [5.74, 6) is 0.765. The van der Waals surface area contributed by atoms with Crippen LogP contribution in [-0.4, -0.2) is 15.0 Å². The van der Waals surface area contributed by atoms with Gasteiger partial charge in [0, 0.05) is 5.56 Å². The van der Waals surface area contributed by atoms with E-state index in [1.807, 2.05) is 6.07 Å². The van der Waals surface area contributed by atoms with Gasteiger partial charge in [0.2, 0.25) is 0 Å². The maximum Gasteiger partial charge on any atom is 0.162 e. The minimum Gasteiger partial charge on any atom is -0.225 e. The summed E-state index contributed by atoms with van der Waals surface area (Å²) in [6, 6.07) is 8.30. The van der Waals surface area contributed by atoms with Crippen LogP contribution < -0.4 is 0 Å². The Hall–Kier alpha value is -1.77. The van der Waals surface area contributed by atoms with Crippen molar-refractivity contribution in [2.24, 2.45) is 0 Å². The van der Waals surface area contributed by atoms with Crippen molar-refractivity contribution < 1.29 is 0 Å². The summed E-state index contributed by atoms with van der Waals surface area (Å²) < 4.78 is 0. The summed E-state index contributed by atoms with van der Waals surface area (Å²) in [4.78, 5) is 12.2. The molecule has 82 valence electrons. The molecule has 2 aromatic rings. The van der Waals surface area contributed by atoms with Crippen LogP contribution in [0.5, 0.6) is 0 Å². The van der Waals surface area contributed by atoms with Gasteiger partial charge in [-0.25, -0.2) is 15.0 Å². The van der Waals surface area contributed by atoms with Crippen molar-refractivity contribution in [2.45, 2.75) is 26.2 Å². The second-order valence-electron chi connectivity index (χ2n) is 3.72. The Balaban J connectivity index is 2.33. The molecule has 0 saturated heterocycles. The van der Waals surface area contributed by atoms with Gasteiger partial charge in [-0.1, -0.05) is 37.6 Å². The lowest BCUT2D eigenvalue weighted by molar-refractivity contribution is 0.795. The van der Waals surface area contributed by atoms with Crippen LogP contribution in [0.15, 0.2) is 36.9 Å². The molecule has 0 atom stereocenters. The summed E-state index contributed by atoms with van der Waals surface area (Å²) in [7, 11) is 0. The minimum absolute atomic E-state index is 0.765. The van der Waals surface area contributed by atoms with Crippen LogP contribution >= 0.6 is 0 Å². The van der Waals surface area contributed by atoms with Crippen LogP contribution in [0.1, 0.15) is 25.3 Å². The van der Waals surface area contributed by atoms with Crippen LogP contribution in [0.3, 0.4) is 0 Å². The van der Waals surface area contributed by atoms with Gasteiger partial charge in [-0.15, -0.1) is 0 Å². The zero-order valence-electron chi connectivity index (χ0n) is 9.43. The van der Waals surface area contributed by atoms with Crippen molar-refractivity contribution in [3.63, 3.8) is 0 Å². The molecule has 0 saturated carbocycles. The quantitative estimate of drug-likeness (QED) is 0.783. The molecule has 3 nitrogen and oxygen atoms in total.